The number of nitrogens with two attached hydrogens (primary N) is 1. The summed E-state index contributed by atoms with van der Waals surface area (Å²) in [6.45, 7) is 0.718. The summed E-state index contributed by atoms with van der Waals surface area (Å²) in [5.74, 6) is -8.46. The normalized spacial score (nSPS) is 18.8. The van der Waals surface area contributed by atoms with E-state index in [0.717, 1.165) is 21.4 Å². The number of aliphatic carboxylic acids is 1. The van der Waals surface area contributed by atoms with Gasteiger partial charge in [-0.05, 0) is 86.2 Å². The number of guanidine groups is 1. The molecule has 0 spiro atoms. The first kappa shape index (κ1) is 74.4. The van der Waals surface area contributed by atoms with Crippen molar-refractivity contribution in [3.8, 4) is 17.1 Å². The monoisotopic (exact) mass is 1450 g/mol. The number of nitrogens with one attached hydrogen (secondary N) is 9. The highest BCUT2D eigenvalue weighted by Gasteiger charge is 2.51. The zero-order valence-corrected chi connectivity index (χ0v) is 57.3. The SMILES string of the molecule is CC[C@@]1(OC(=O)OCCSSCCOC(=O)Nc2ccc3c4c(cccc24)C(=O)N(CCC(=O)NCCCCC[C@@H]2NC(=O)[C@@H](Cc4ccc(O)cc4)NC(=O)[C@H](CC(=O)O)NC(=O)CNC(=O)[C@H](CCCNC(=N)N)NC2=O)C3=O)C(=O)OCc2c1cc1n(c2=O)Cc2cc3ccccc3nc2-1. The number of carbonyl (C=O) groups excluding carboxylic acids is 11. The van der Waals surface area contributed by atoms with Crippen LogP contribution in [-0.2, 0) is 82.5 Å². The van der Waals surface area contributed by atoms with Crippen LogP contribution in [0.15, 0.2) is 95.8 Å². The zero-order valence-electron chi connectivity index (χ0n) is 55.7. The van der Waals surface area contributed by atoms with Crippen LogP contribution in [0.25, 0.3) is 33.1 Å². The van der Waals surface area contributed by atoms with Crippen molar-refractivity contribution in [3.63, 3.8) is 0 Å². The molecule has 10 rings (SSSR count). The van der Waals surface area contributed by atoms with Crippen molar-refractivity contribution in [1.29, 1.82) is 5.41 Å². The number of imide groups is 1. The molecule has 34 heteroatoms. The van der Waals surface area contributed by atoms with Crippen molar-refractivity contribution in [2.75, 3.05) is 56.2 Å². The van der Waals surface area contributed by atoms with E-state index in [-0.39, 0.29) is 142 Å². The maximum atomic E-state index is 14.2. The molecular weight excluding hydrogens is 1380 g/mol. The minimum atomic E-state index is -1.95. The number of pyridine rings is 2. The summed E-state index contributed by atoms with van der Waals surface area (Å²) in [6, 6.07) is 18.8. The van der Waals surface area contributed by atoms with Crippen LogP contribution in [0.2, 0.25) is 0 Å². The summed E-state index contributed by atoms with van der Waals surface area (Å²) in [5, 5.41) is 49.0. The molecule has 1 fully saturated rings. The van der Waals surface area contributed by atoms with Crippen LogP contribution in [0, 0.1) is 5.41 Å². The van der Waals surface area contributed by atoms with E-state index in [2.05, 4.69) is 42.5 Å². The summed E-state index contributed by atoms with van der Waals surface area (Å²) >= 11 is 0. The minimum absolute atomic E-state index is 0.0327. The lowest BCUT2D eigenvalue weighted by atomic mass is 9.85. The lowest BCUT2D eigenvalue weighted by Gasteiger charge is -2.35. The fraction of sp³-hybridized carbons (Fsp3) is 0.377. The molecule has 9 amide bonds. The van der Waals surface area contributed by atoms with E-state index in [1.165, 1.54) is 64.1 Å². The van der Waals surface area contributed by atoms with E-state index in [9.17, 15) is 72.5 Å². The quantitative estimate of drug-likeness (QED) is 0.00667. The summed E-state index contributed by atoms with van der Waals surface area (Å²) in [7, 11) is 2.64. The van der Waals surface area contributed by atoms with Gasteiger partial charge >= 0.3 is 24.2 Å². The highest BCUT2D eigenvalue weighted by atomic mass is 33.1. The van der Waals surface area contributed by atoms with Gasteiger partial charge in [-0.15, -0.1) is 0 Å². The Morgan fingerprint density at radius 1 is 0.757 bits per heavy atom. The van der Waals surface area contributed by atoms with Gasteiger partial charge in [-0.25, -0.2) is 19.4 Å². The van der Waals surface area contributed by atoms with E-state index in [0.29, 0.717) is 46.3 Å². The number of amides is 9. The molecule has 13 N–H and O–H groups in total. The van der Waals surface area contributed by atoms with E-state index in [1.54, 1.807) is 29.7 Å². The molecule has 0 radical (unpaired) electrons. The number of aromatic hydroxyl groups is 1. The Kier molecular flexibility index (Phi) is 24.5. The number of hydrogen-bond acceptors (Lipinski definition) is 22. The Morgan fingerprint density at radius 2 is 1.44 bits per heavy atom. The molecule has 4 aliphatic rings. The lowest BCUT2D eigenvalue weighted by molar-refractivity contribution is -0.175. The van der Waals surface area contributed by atoms with Crippen LogP contribution >= 0.6 is 21.6 Å². The van der Waals surface area contributed by atoms with Crippen LogP contribution in [0.1, 0.15) is 108 Å². The molecule has 4 aliphatic heterocycles. The Hall–Kier alpha value is -11.3. The van der Waals surface area contributed by atoms with Gasteiger partial charge in [0.25, 0.3) is 17.4 Å². The Bertz CT molecular complexity index is 4400. The van der Waals surface area contributed by atoms with Crippen molar-refractivity contribution >= 4 is 126 Å². The van der Waals surface area contributed by atoms with Crippen LogP contribution in [0.5, 0.6) is 5.75 Å². The minimum Gasteiger partial charge on any atom is -0.508 e. The number of esters is 1. The smallest absolute Gasteiger partial charge is 0.508 e. The molecule has 1 saturated heterocycles. The predicted molar refractivity (Wildman–Crippen MR) is 374 cm³/mol. The summed E-state index contributed by atoms with van der Waals surface area (Å²) in [5.41, 5.74) is 7.14. The van der Waals surface area contributed by atoms with Gasteiger partial charge in [0, 0.05) is 82.4 Å². The fourth-order valence-corrected chi connectivity index (χ4v) is 14.0. The van der Waals surface area contributed by atoms with Crippen molar-refractivity contribution in [3.05, 3.63) is 135 Å². The third kappa shape index (κ3) is 18.1. The number of cyclic esters (lactones) is 1. The number of para-hydroxylation sites is 1. The molecule has 4 aromatic carbocycles. The van der Waals surface area contributed by atoms with E-state index >= 15 is 0 Å². The maximum Gasteiger partial charge on any atom is 0.509 e. The average molecular weight is 1450 g/mol. The number of rotatable bonds is 27. The molecular formula is C69H75N13O19S2. The van der Waals surface area contributed by atoms with Crippen LogP contribution < -0.4 is 53.8 Å². The number of aromatic nitrogens is 2. The van der Waals surface area contributed by atoms with Crippen LogP contribution in [0.3, 0.4) is 0 Å². The number of carbonyl (C=O) groups is 12. The van der Waals surface area contributed by atoms with E-state index in [1.807, 2.05) is 30.3 Å². The molecule has 542 valence electrons. The van der Waals surface area contributed by atoms with E-state index in [4.69, 9.17) is 35.1 Å². The number of anilines is 1. The topological polar surface area (TPSA) is 466 Å². The summed E-state index contributed by atoms with van der Waals surface area (Å²) in [6.07, 6.45) is -2.27. The molecule has 32 nitrogen and oxygen atoms in total. The first-order valence-corrected chi connectivity index (χ1v) is 35.6. The van der Waals surface area contributed by atoms with Gasteiger partial charge in [0.2, 0.25) is 41.0 Å². The second kappa shape index (κ2) is 33.9. The number of nitrogens with zero attached hydrogens (tertiary/aromatic N) is 3. The fourth-order valence-electron chi connectivity index (χ4n) is 12.4. The van der Waals surface area contributed by atoms with E-state index < -0.39 is 114 Å². The number of carboxylic acids is 1. The third-order valence-electron chi connectivity index (χ3n) is 17.5. The Morgan fingerprint density at radius 3 is 2.17 bits per heavy atom. The van der Waals surface area contributed by atoms with Gasteiger partial charge in [0.05, 0.1) is 47.7 Å². The molecule has 6 aromatic rings. The van der Waals surface area contributed by atoms with Gasteiger partial charge in [-0.1, -0.05) is 83.8 Å². The highest BCUT2D eigenvalue weighted by molar-refractivity contribution is 8.76. The summed E-state index contributed by atoms with van der Waals surface area (Å²) in [4.78, 5) is 181. The molecule has 0 aliphatic carbocycles. The molecule has 2 aromatic heterocycles. The van der Waals surface area contributed by atoms with Crippen molar-refractivity contribution in [1.82, 2.24) is 51.7 Å². The largest absolute Gasteiger partial charge is 0.509 e. The van der Waals surface area contributed by atoms with Crippen molar-refractivity contribution < 1.29 is 86.7 Å². The number of ether oxygens (including phenoxy) is 4. The van der Waals surface area contributed by atoms with Gasteiger partial charge < -0.3 is 76.7 Å². The number of phenols is 1. The van der Waals surface area contributed by atoms with Crippen molar-refractivity contribution in [2.45, 2.75) is 114 Å². The Balaban J connectivity index is 0.668. The molecule has 6 heterocycles. The van der Waals surface area contributed by atoms with Gasteiger partial charge in [0.1, 0.15) is 49.7 Å². The molecule has 103 heavy (non-hydrogen) atoms. The first-order valence-electron chi connectivity index (χ1n) is 33.1. The standard InChI is InChI=1S/C69H75N13O19S2/c1-2-69(45-32-52-57-39(31-38-10-5-6-13-46(38)76-57)35-82(52)64(94)44(45)36-100-65(69)95)101-68(97)99-27-29-103-102-28-26-98-67(96)80-47-21-20-43-56-41(47)11-8-12-42(56)62(92)81(63(43)93)25-22-53(84)72-23-7-3-4-14-49-59(89)77-48(15-9-24-73-66(70)71)58(88)74-34-54(85)75-51(33-55(86)87)61(91)79-50(60(90)78-49)30-37-16-18-40(83)19-17-37/h5-6,8,10-13,16-21,31-32,48-51,83H,2-4,7,9,14-15,22-30,33-36H2,1H3,(H,72,84)(H,74,88)(H,75,85)(H,77,89)(H,78,90)(H,79,91)(H,80,96)(H,86,87)(H4,70,71,73)/t48-,49-,50+,51-,69-/m0/s1. The first-order chi connectivity index (χ1) is 49.5. The number of carboxylic acid groups (broad SMARTS) is 1. The second-order valence-corrected chi connectivity index (χ2v) is 27.1. The maximum absolute atomic E-state index is 14.2. The number of phenolic OH excluding ortho intramolecular Hbond substituents is 1. The molecule has 0 bridgehead atoms. The van der Waals surface area contributed by atoms with Gasteiger partial charge in [-0.2, -0.15) is 0 Å². The number of benzene rings is 4. The van der Waals surface area contributed by atoms with Gasteiger partial charge in [-0.3, -0.25) is 63.6 Å². The summed E-state index contributed by atoms with van der Waals surface area (Å²) < 4.78 is 23.5. The number of unbranched alkanes of at least 4 members (excludes halogenated alkanes) is 2. The van der Waals surface area contributed by atoms with Gasteiger partial charge in [0.15, 0.2) is 5.96 Å². The Labute approximate surface area is 595 Å². The highest BCUT2D eigenvalue weighted by Crippen LogP contribution is 2.42. The van der Waals surface area contributed by atoms with Crippen molar-refractivity contribution in [2.24, 2.45) is 5.73 Å². The number of fused-ring (bicyclic) bond motifs is 5. The lowest BCUT2D eigenvalue weighted by Crippen LogP contribution is -2.58. The van der Waals surface area contributed by atoms with Crippen LogP contribution in [-0.4, -0.2) is 177 Å². The molecule has 0 saturated carbocycles. The second-order valence-electron chi connectivity index (χ2n) is 24.4. The number of hydrogen-bond donors (Lipinski definition) is 12. The molecule has 0 unspecified atom stereocenters. The van der Waals surface area contributed by atoms with Crippen LogP contribution in [0.4, 0.5) is 15.3 Å². The average Bonchev–Trinajstić information content (AvgIpc) is 1.70. The third-order valence-corrected chi connectivity index (χ3v) is 19.8. The zero-order chi connectivity index (χ0) is 73.5. The predicted octanol–water partition coefficient (Wildman–Crippen LogP) is 3.44. The molecule has 5 atom stereocenters.